The number of hydrogen-bond acceptors (Lipinski definition) is 2. The van der Waals surface area contributed by atoms with Gasteiger partial charge in [0.25, 0.3) is 0 Å². The van der Waals surface area contributed by atoms with Crippen LogP contribution in [0.1, 0.15) is 117 Å². The molecule has 0 aliphatic carbocycles. The molecular formula is C22H42O4. The summed E-state index contributed by atoms with van der Waals surface area (Å²) in [5, 5.41) is 17.7. The molecule has 0 rings (SSSR count). The van der Waals surface area contributed by atoms with Gasteiger partial charge in [0.2, 0.25) is 0 Å². The zero-order chi connectivity index (χ0) is 19.6. The number of carbonyl (C=O) groups is 2. The Morgan fingerprint density at radius 2 is 1.04 bits per heavy atom. The van der Waals surface area contributed by atoms with Crippen LogP contribution in [-0.4, -0.2) is 22.2 Å². The number of carboxylic acids is 2. The van der Waals surface area contributed by atoms with Gasteiger partial charge >= 0.3 is 11.9 Å². The summed E-state index contributed by atoms with van der Waals surface area (Å²) in [4.78, 5) is 21.6. The second-order valence-electron chi connectivity index (χ2n) is 7.78. The van der Waals surface area contributed by atoms with Crippen molar-refractivity contribution in [1.82, 2.24) is 0 Å². The third kappa shape index (κ3) is 15.2. The molecule has 4 heteroatoms. The van der Waals surface area contributed by atoms with Gasteiger partial charge in [0.05, 0.1) is 12.3 Å². The molecule has 0 heterocycles. The van der Waals surface area contributed by atoms with Gasteiger partial charge in [-0.2, -0.15) is 0 Å². The van der Waals surface area contributed by atoms with Gasteiger partial charge in [0.1, 0.15) is 0 Å². The highest BCUT2D eigenvalue weighted by atomic mass is 16.4. The van der Waals surface area contributed by atoms with Crippen LogP contribution in [0.25, 0.3) is 0 Å². The molecule has 0 aromatic carbocycles. The standard InChI is InChI=1S/C22H42O4/c1-3-19(4-2)16-14-12-10-8-6-5-7-9-11-13-15-17-20(22(25)26)18-21(23)24/h19-20H,3-18H2,1-2H3,(H,23,24)(H,25,26). The normalized spacial score (nSPS) is 12.4. The topological polar surface area (TPSA) is 74.6 Å². The Kier molecular flexibility index (Phi) is 16.7. The van der Waals surface area contributed by atoms with E-state index in [4.69, 9.17) is 10.2 Å². The second-order valence-corrected chi connectivity index (χ2v) is 7.78. The molecule has 0 aromatic rings. The first kappa shape index (κ1) is 24.9. The minimum absolute atomic E-state index is 0.257. The van der Waals surface area contributed by atoms with E-state index in [1.165, 1.54) is 70.6 Å². The maximum absolute atomic E-state index is 11.0. The van der Waals surface area contributed by atoms with E-state index < -0.39 is 17.9 Å². The molecule has 0 bridgehead atoms. The first-order chi connectivity index (χ1) is 12.5. The van der Waals surface area contributed by atoms with Crippen LogP contribution in [0.2, 0.25) is 0 Å². The van der Waals surface area contributed by atoms with Crippen molar-refractivity contribution in [3.63, 3.8) is 0 Å². The molecule has 0 aliphatic rings. The lowest BCUT2D eigenvalue weighted by atomic mass is 9.95. The van der Waals surface area contributed by atoms with E-state index >= 15 is 0 Å². The Labute approximate surface area is 160 Å². The van der Waals surface area contributed by atoms with Gasteiger partial charge in [-0.1, -0.05) is 104 Å². The van der Waals surface area contributed by atoms with Crippen molar-refractivity contribution in [3.8, 4) is 0 Å². The quantitative estimate of drug-likeness (QED) is 0.249. The third-order valence-electron chi connectivity index (χ3n) is 5.59. The summed E-state index contributed by atoms with van der Waals surface area (Å²) in [7, 11) is 0. The van der Waals surface area contributed by atoms with Crippen LogP contribution in [0.3, 0.4) is 0 Å². The van der Waals surface area contributed by atoms with E-state index in [1.807, 2.05) is 0 Å². The molecule has 0 aromatic heterocycles. The Morgan fingerprint density at radius 3 is 1.38 bits per heavy atom. The summed E-state index contributed by atoms with van der Waals surface area (Å²) in [6.07, 6.45) is 17.9. The predicted octanol–water partition coefficient (Wildman–Crippen LogP) is 6.67. The van der Waals surface area contributed by atoms with Gasteiger partial charge in [-0.15, -0.1) is 0 Å². The average Bonchev–Trinajstić information content (AvgIpc) is 2.60. The molecule has 4 nitrogen and oxygen atoms in total. The van der Waals surface area contributed by atoms with E-state index in [1.54, 1.807) is 0 Å². The van der Waals surface area contributed by atoms with E-state index in [-0.39, 0.29) is 6.42 Å². The fraction of sp³-hybridized carbons (Fsp3) is 0.909. The predicted molar refractivity (Wildman–Crippen MR) is 107 cm³/mol. The van der Waals surface area contributed by atoms with Crippen molar-refractivity contribution in [2.75, 3.05) is 0 Å². The summed E-state index contributed by atoms with van der Waals surface area (Å²) >= 11 is 0. The highest BCUT2D eigenvalue weighted by molar-refractivity contribution is 5.77. The molecule has 1 atom stereocenters. The molecule has 0 amide bonds. The zero-order valence-electron chi connectivity index (χ0n) is 17.2. The van der Waals surface area contributed by atoms with Crippen molar-refractivity contribution in [2.24, 2.45) is 11.8 Å². The van der Waals surface area contributed by atoms with Crippen LogP contribution in [0.4, 0.5) is 0 Å². The molecule has 0 saturated carbocycles. The summed E-state index contributed by atoms with van der Waals surface area (Å²) in [6, 6.07) is 0. The molecule has 0 spiro atoms. The molecule has 0 radical (unpaired) electrons. The first-order valence-electron chi connectivity index (χ1n) is 11.0. The lowest BCUT2D eigenvalue weighted by Crippen LogP contribution is -2.17. The van der Waals surface area contributed by atoms with Gasteiger partial charge in [0.15, 0.2) is 0 Å². The van der Waals surface area contributed by atoms with E-state index in [2.05, 4.69) is 13.8 Å². The van der Waals surface area contributed by atoms with Crippen LogP contribution < -0.4 is 0 Å². The average molecular weight is 371 g/mol. The molecular weight excluding hydrogens is 328 g/mol. The smallest absolute Gasteiger partial charge is 0.307 e. The Balaban J connectivity index is 3.36. The van der Waals surface area contributed by atoms with Crippen molar-refractivity contribution < 1.29 is 19.8 Å². The maximum Gasteiger partial charge on any atom is 0.307 e. The molecule has 0 aliphatic heterocycles. The molecule has 2 N–H and O–H groups in total. The minimum atomic E-state index is -1.02. The SMILES string of the molecule is CCC(CC)CCCCCCCCCCCCCC(CC(=O)O)C(=O)O. The van der Waals surface area contributed by atoms with Crippen LogP contribution in [0, 0.1) is 11.8 Å². The van der Waals surface area contributed by atoms with Crippen LogP contribution in [-0.2, 0) is 9.59 Å². The minimum Gasteiger partial charge on any atom is -0.481 e. The summed E-state index contributed by atoms with van der Waals surface area (Å²) in [6.45, 7) is 4.60. The lowest BCUT2D eigenvalue weighted by Gasteiger charge is -2.11. The van der Waals surface area contributed by atoms with Crippen molar-refractivity contribution in [3.05, 3.63) is 0 Å². The Hall–Kier alpha value is -1.06. The Morgan fingerprint density at radius 1 is 0.654 bits per heavy atom. The molecule has 0 saturated heterocycles. The molecule has 26 heavy (non-hydrogen) atoms. The van der Waals surface area contributed by atoms with E-state index in [0.29, 0.717) is 6.42 Å². The lowest BCUT2D eigenvalue weighted by molar-refractivity contribution is -0.148. The second kappa shape index (κ2) is 17.4. The number of aliphatic carboxylic acids is 2. The highest BCUT2D eigenvalue weighted by Crippen LogP contribution is 2.19. The molecule has 1 unspecified atom stereocenters. The number of unbranched alkanes of at least 4 members (excludes halogenated alkanes) is 10. The van der Waals surface area contributed by atoms with E-state index in [0.717, 1.165) is 25.2 Å². The first-order valence-corrected chi connectivity index (χ1v) is 11.0. The zero-order valence-corrected chi connectivity index (χ0v) is 17.2. The van der Waals surface area contributed by atoms with E-state index in [9.17, 15) is 9.59 Å². The number of hydrogen-bond donors (Lipinski definition) is 2. The van der Waals surface area contributed by atoms with Crippen molar-refractivity contribution >= 4 is 11.9 Å². The summed E-state index contributed by atoms with van der Waals surface area (Å²) in [5.41, 5.74) is 0. The fourth-order valence-corrected chi connectivity index (χ4v) is 3.64. The fourth-order valence-electron chi connectivity index (χ4n) is 3.64. The summed E-state index contributed by atoms with van der Waals surface area (Å²) in [5.74, 6) is -1.79. The highest BCUT2D eigenvalue weighted by Gasteiger charge is 2.20. The molecule has 154 valence electrons. The monoisotopic (exact) mass is 370 g/mol. The van der Waals surface area contributed by atoms with Crippen LogP contribution in [0.15, 0.2) is 0 Å². The maximum atomic E-state index is 11.0. The Bertz CT molecular complexity index is 350. The van der Waals surface area contributed by atoms with Gasteiger partial charge in [-0.05, 0) is 12.3 Å². The van der Waals surface area contributed by atoms with Crippen molar-refractivity contribution in [2.45, 2.75) is 117 Å². The number of rotatable bonds is 19. The van der Waals surface area contributed by atoms with Gasteiger partial charge in [-0.3, -0.25) is 9.59 Å². The number of carboxylic acid groups (broad SMARTS) is 2. The summed E-state index contributed by atoms with van der Waals surface area (Å²) < 4.78 is 0. The largest absolute Gasteiger partial charge is 0.481 e. The van der Waals surface area contributed by atoms with Crippen molar-refractivity contribution in [1.29, 1.82) is 0 Å². The van der Waals surface area contributed by atoms with Gasteiger partial charge in [-0.25, -0.2) is 0 Å². The van der Waals surface area contributed by atoms with Crippen LogP contribution in [0.5, 0.6) is 0 Å². The third-order valence-corrected chi connectivity index (χ3v) is 5.59. The van der Waals surface area contributed by atoms with Gasteiger partial charge < -0.3 is 10.2 Å². The van der Waals surface area contributed by atoms with Gasteiger partial charge in [0, 0.05) is 0 Å². The molecule has 0 fully saturated rings. The van der Waals surface area contributed by atoms with Crippen LogP contribution >= 0.6 is 0 Å².